The maximum atomic E-state index is 12.2. The average Bonchev–Trinajstić information content (AvgIpc) is 2.74. The van der Waals surface area contributed by atoms with Gasteiger partial charge in [0.2, 0.25) is 0 Å². The molecule has 1 saturated heterocycles. The Morgan fingerprint density at radius 3 is 2.29 bits per heavy atom. The molecule has 1 amide bonds. The molecule has 90 valence electrons. The number of nitrogens with zero attached hydrogens (tertiary/aromatic N) is 1. The predicted molar refractivity (Wildman–Crippen MR) is 69.4 cm³/mol. The molecule has 1 aromatic rings. The molecule has 1 atom stereocenters. The SMILES string of the molecule is CC(=O)c1ccc(C(=O)N2CCSC2C)cc1. The van der Waals surface area contributed by atoms with Crippen molar-refractivity contribution in [3.63, 3.8) is 0 Å². The summed E-state index contributed by atoms with van der Waals surface area (Å²) in [6.07, 6.45) is 0. The van der Waals surface area contributed by atoms with Crippen LogP contribution in [0.25, 0.3) is 0 Å². The van der Waals surface area contributed by atoms with E-state index in [0.717, 1.165) is 12.3 Å². The number of amides is 1. The summed E-state index contributed by atoms with van der Waals surface area (Å²) in [5.41, 5.74) is 1.30. The van der Waals surface area contributed by atoms with Crippen LogP contribution in [0, 0.1) is 0 Å². The topological polar surface area (TPSA) is 37.4 Å². The van der Waals surface area contributed by atoms with Crippen molar-refractivity contribution in [2.75, 3.05) is 12.3 Å². The molecule has 0 saturated carbocycles. The maximum Gasteiger partial charge on any atom is 0.254 e. The minimum Gasteiger partial charge on any atom is -0.326 e. The van der Waals surface area contributed by atoms with E-state index in [9.17, 15) is 9.59 Å². The zero-order chi connectivity index (χ0) is 12.4. The summed E-state index contributed by atoms with van der Waals surface area (Å²) in [5, 5.41) is 0.245. The van der Waals surface area contributed by atoms with E-state index in [-0.39, 0.29) is 17.1 Å². The fourth-order valence-electron chi connectivity index (χ4n) is 1.87. The van der Waals surface area contributed by atoms with Gasteiger partial charge < -0.3 is 4.90 Å². The van der Waals surface area contributed by atoms with Crippen LogP contribution in [0.15, 0.2) is 24.3 Å². The van der Waals surface area contributed by atoms with Gasteiger partial charge in [-0.05, 0) is 26.0 Å². The quantitative estimate of drug-likeness (QED) is 0.755. The van der Waals surface area contributed by atoms with Gasteiger partial charge in [0.1, 0.15) is 0 Å². The highest BCUT2D eigenvalue weighted by atomic mass is 32.2. The molecule has 1 fully saturated rings. The lowest BCUT2D eigenvalue weighted by atomic mass is 10.1. The molecule has 1 aromatic carbocycles. The highest BCUT2D eigenvalue weighted by Crippen LogP contribution is 2.24. The van der Waals surface area contributed by atoms with Gasteiger partial charge in [0.25, 0.3) is 5.91 Å². The molecule has 0 aromatic heterocycles. The summed E-state index contributed by atoms with van der Waals surface area (Å²) >= 11 is 1.79. The Kier molecular flexibility index (Phi) is 3.52. The van der Waals surface area contributed by atoms with Crippen LogP contribution >= 0.6 is 11.8 Å². The molecule has 4 heteroatoms. The summed E-state index contributed by atoms with van der Waals surface area (Å²) < 4.78 is 0. The Balaban J connectivity index is 2.17. The summed E-state index contributed by atoms with van der Waals surface area (Å²) in [7, 11) is 0. The second-order valence-electron chi connectivity index (χ2n) is 4.10. The molecule has 3 nitrogen and oxygen atoms in total. The fraction of sp³-hybridized carbons (Fsp3) is 0.385. The van der Waals surface area contributed by atoms with E-state index in [4.69, 9.17) is 0 Å². The molecule has 17 heavy (non-hydrogen) atoms. The zero-order valence-electron chi connectivity index (χ0n) is 9.97. The van der Waals surface area contributed by atoms with E-state index >= 15 is 0 Å². The van der Waals surface area contributed by atoms with Gasteiger partial charge in [0.15, 0.2) is 5.78 Å². The van der Waals surface area contributed by atoms with Gasteiger partial charge in [-0.25, -0.2) is 0 Å². The predicted octanol–water partition coefficient (Wildman–Crippen LogP) is 2.42. The van der Waals surface area contributed by atoms with Crippen molar-refractivity contribution in [2.45, 2.75) is 19.2 Å². The highest BCUT2D eigenvalue weighted by molar-refractivity contribution is 8.00. The first-order chi connectivity index (χ1) is 8.09. The Bertz CT molecular complexity index is 441. The molecule has 1 aliphatic rings. The maximum absolute atomic E-state index is 12.2. The monoisotopic (exact) mass is 249 g/mol. The first-order valence-electron chi connectivity index (χ1n) is 5.63. The lowest BCUT2D eigenvalue weighted by Crippen LogP contribution is -2.33. The average molecular weight is 249 g/mol. The van der Waals surface area contributed by atoms with E-state index in [1.54, 1.807) is 36.0 Å². The number of carbonyl (C=O) groups excluding carboxylic acids is 2. The van der Waals surface area contributed by atoms with Crippen molar-refractivity contribution in [3.8, 4) is 0 Å². The molecule has 1 aliphatic heterocycles. The fourth-order valence-corrected chi connectivity index (χ4v) is 2.90. The molecule has 0 aliphatic carbocycles. The van der Waals surface area contributed by atoms with Crippen LogP contribution in [0.5, 0.6) is 0 Å². The number of thioether (sulfide) groups is 1. The molecule has 0 spiro atoms. The third-order valence-electron chi connectivity index (χ3n) is 2.93. The van der Waals surface area contributed by atoms with Gasteiger partial charge >= 0.3 is 0 Å². The Morgan fingerprint density at radius 1 is 1.24 bits per heavy atom. The standard InChI is InChI=1S/C13H15NO2S/c1-9(15)11-3-5-12(6-4-11)13(16)14-7-8-17-10(14)2/h3-6,10H,7-8H2,1-2H3. The van der Waals surface area contributed by atoms with Crippen molar-refractivity contribution in [1.82, 2.24) is 4.90 Å². The van der Waals surface area contributed by atoms with Gasteiger partial charge in [-0.2, -0.15) is 0 Å². The van der Waals surface area contributed by atoms with Gasteiger partial charge in [0, 0.05) is 23.4 Å². The number of hydrogen-bond acceptors (Lipinski definition) is 3. The second kappa shape index (κ2) is 4.92. The number of Topliss-reactive ketones (excluding diaryl/α,β-unsaturated/α-hetero) is 1. The third kappa shape index (κ3) is 2.52. The van der Waals surface area contributed by atoms with Crippen LogP contribution in [0.4, 0.5) is 0 Å². The lowest BCUT2D eigenvalue weighted by Gasteiger charge is -2.20. The normalized spacial score (nSPS) is 19.4. The molecule has 0 radical (unpaired) electrons. The minimum atomic E-state index is 0.0223. The minimum absolute atomic E-state index is 0.0223. The number of carbonyl (C=O) groups is 2. The van der Waals surface area contributed by atoms with Crippen LogP contribution in [0.2, 0.25) is 0 Å². The number of rotatable bonds is 2. The number of hydrogen-bond donors (Lipinski definition) is 0. The van der Waals surface area contributed by atoms with Crippen molar-refractivity contribution in [3.05, 3.63) is 35.4 Å². The van der Waals surface area contributed by atoms with E-state index in [1.165, 1.54) is 6.92 Å². The summed E-state index contributed by atoms with van der Waals surface area (Å²) in [6.45, 7) is 4.37. The molecule has 2 rings (SSSR count). The van der Waals surface area contributed by atoms with Crippen molar-refractivity contribution >= 4 is 23.5 Å². The van der Waals surface area contributed by atoms with Gasteiger partial charge in [-0.15, -0.1) is 11.8 Å². The van der Waals surface area contributed by atoms with Crippen LogP contribution in [-0.4, -0.2) is 34.3 Å². The largest absolute Gasteiger partial charge is 0.326 e. The van der Waals surface area contributed by atoms with Crippen molar-refractivity contribution in [2.24, 2.45) is 0 Å². The Labute approximate surface area is 105 Å². The first kappa shape index (κ1) is 12.2. The van der Waals surface area contributed by atoms with Gasteiger partial charge in [-0.3, -0.25) is 9.59 Å². The lowest BCUT2D eigenvalue weighted by molar-refractivity contribution is 0.0768. The number of benzene rings is 1. The Morgan fingerprint density at radius 2 is 1.82 bits per heavy atom. The van der Waals surface area contributed by atoms with E-state index in [1.807, 2.05) is 11.8 Å². The summed E-state index contributed by atoms with van der Waals surface area (Å²) in [5.74, 6) is 1.07. The number of ketones is 1. The van der Waals surface area contributed by atoms with Crippen LogP contribution in [-0.2, 0) is 0 Å². The second-order valence-corrected chi connectivity index (χ2v) is 5.53. The zero-order valence-corrected chi connectivity index (χ0v) is 10.8. The first-order valence-corrected chi connectivity index (χ1v) is 6.68. The summed E-state index contributed by atoms with van der Waals surface area (Å²) in [6, 6.07) is 6.89. The summed E-state index contributed by atoms with van der Waals surface area (Å²) in [4.78, 5) is 25.2. The van der Waals surface area contributed by atoms with E-state index in [2.05, 4.69) is 0 Å². The van der Waals surface area contributed by atoms with E-state index < -0.39 is 0 Å². The molecule has 0 N–H and O–H groups in total. The third-order valence-corrected chi connectivity index (χ3v) is 4.08. The van der Waals surface area contributed by atoms with Crippen molar-refractivity contribution in [1.29, 1.82) is 0 Å². The van der Waals surface area contributed by atoms with E-state index in [0.29, 0.717) is 11.1 Å². The van der Waals surface area contributed by atoms with Crippen LogP contribution in [0.3, 0.4) is 0 Å². The smallest absolute Gasteiger partial charge is 0.254 e. The molecular weight excluding hydrogens is 234 g/mol. The van der Waals surface area contributed by atoms with Crippen LogP contribution < -0.4 is 0 Å². The Hall–Kier alpha value is -1.29. The van der Waals surface area contributed by atoms with Crippen molar-refractivity contribution < 1.29 is 9.59 Å². The highest BCUT2D eigenvalue weighted by Gasteiger charge is 2.26. The van der Waals surface area contributed by atoms with Crippen LogP contribution in [0.1, 0.15) is 34.6 Å². The van der Waals surface area contributed by atoms with Gasteiger partial charge in [-0.1, -0.05) is 12.1 Å². The van der Waals surface area contributed by atoms with Gasteiger partial charge in [0.05, 0.1) is 5.37 Å². The molecule has 1 heterocycles. The molecular formula is C13H15NO2S. The molecule has 0 bridgehead atoms. The molecule has 1 unspecified atom stereocenters.